The van der Waals surface area contributed by atoms with Crippen LogP contribution >= 0.6 is 0 Å². The highest BCUT2D eigenvalue weighted by atomic mass is 16.7. The van der Waals surface area contributed by atoms with Crippen molar-refractivity contribution in [3.63, 3.8) is 0 Å². The first kappa shape index (κ1) is 23.0. The second-order valence-corrected chi connectivity index (χ2v) is 8.26. The van der Waals surface area contributed by atoms with Crippen LogP contribution in [0.1, 0.15) is 48.0 Å². The molecule has 1 aliphatic carbocycles. The molecule has 0 unspecified atom stereocenters. The summed E-state index contributed by atoms with van der Waals surface area (Å²) in [6, 6.07) is 22.0. The predicted molar refractivity (Wildman–Crippen MR) is 129 cm³/mol. The van der Waals surface area contributed by atoms with Gasteiger partial charge in [0.1, 0.15) is 0 Å². The maximum Gasteiger partial charge on any atom is 0.338 e. The van der Waals surface area contributed by atoms with Crippen molar-refractivity contribution in [2.45, 2.75) is 32.1 Å². The van der Waals surface area contributed by atoms with Crippen molar-refractivity contribution >= 4 is 23.2 Å². The molecule has 1 aliphatic rings. The van der Waals surface area contributed by atoms with Gasteiger partial charge < -0.3 is 4.84 Å². The van der Waals surface area contributed by atoms with E-state index in [0.29, 0.717) is 11.1 Å². The fourth-order valence-electron chi connectivity index (χ4n) is 4.05. The fourth-order valence-corrected chi connectivity index (χ4v) is 4.05. The second kappa shape index (κ2) is 10.7. The summed E-state index contributed by atoms with van der Waals surface area (Å²) in [5.41, 5.74) is 2.64. The third kappa shape index (κ3) is 5.43. The van der Waals surface area contributed by atoms with Crippen molar-refractivity contribution in [3.05, 3.63) is 100 Å². The molecule has 34 heavy (non-hydrogen) atoms. The Morgan fingerprint density at radius 1 is 0.794 bits per heavy atom. The minimum atomic E-state index is -0.447. The Balaban J connectivity index is 1.56. The number of benzene rings is 3. The van der Waals surface area contributed by atoms with Gasteiger partial charge in [-0.15, -0.1) is 0 Å². The first-order chi connectivity index (χ1) is 16.5. The van der Waals surface area contributed by atoms with Gasteiger partial charge >= 0.3 is 5.97 Å². The molecule has 0 bridgehead atoms. The van der Waals surface area contributed by atoms with Crippen molar-refractivity contribution in [2.75, 3.05) is 0 Å². The summed E-state index contributed by atoms with van der Waals surface area (Å²) in [7, 11) is 0. The lowest BCUT2D eigenvalue weighted by atomic mass is 9.89. The van der Waals surface area contributed by atoms with Gasteiger partial charge in [0.05, 0.1) is 10.8 Å². The Labute approximate surface area is 197 Å². The van der Waals surface area contributed by atoms with E-state index in [1.54, 1.807) is 60.7 Å². The van der Waals surface area contributed by atoms with Crippen LogP contribution in [0.3, 0.4) is 0 Å². The van der Waals surface area contributed by atoms with Crippen LogP contribution in [-0.4, -0.2) is 22.4 Å². The summed E-state index contributed by atoms with van der Waals surface area (Å²) in [5.74, 6) is -0.932. The lowest BCUT2D eigenvalue weighted by Gasteiger charge is -2.18. The Morgan fingerprint density at radius 3 is 1.97 bits per heavy atom. The molecule has 0 aliphatic heterocycles. The van der Waals surface area contributed by atoms with Crippen LogP contribution in [0.25, 0.3) is 11.1 Å². The van der Waals surface area contributed by atoms with Crippen molar-refractivity contribution in [1.82, 2.24) is 0 Å². The molecule has 0 amide bonds. The van der Waals surface area contributed by atoms with Gasteiger partial charge in [0.2, 0.25) is 5.78 Å². The molecule has 0 aromatic heterocycles. The van der Waals surface area contributed by atoms with Crippen LogP contribution in [0.5, 0.6) is 0 Å². The van der Waals surface area contributed by atoms with Crippen molar-refractivity contribution in [3.8, 4) is 11.1 Å². The van der Waals surface area contributed by atoms with Gasteiger partial charge in [-0.05, 0) is 36.1 Å². The van der Waals surface area contributed by atoms with Gasteiger partial charge in [-0.3, -0.25) is 14.9 Å². The van der Waals surface area contributed by atoms with Gasteiger partial charge in [-0.25, -0.2) is 4.79 Å². The average Bonchev–Trinajstić information content (AvgIpc) is 2.90. The Kier molecular flexibility index (Phi) is 7.22. The zero-order chi connectivity index (χ0) is 23.9. The van der Waals surface area contributed by atoms with Crippen LogP contribution in [0.15, 0.2) is 84.0 Å². The maximum atomic E-state index is 13.3. The Morgan fingerprint density at radius 2 is 1.38 bits per heavy atom. The molecule has 172 valence electrons. The quantitative estimate of drug-likeness (QED) is 0.143. The number of ketones is 1. The summed E-state index contributed by atoms with van der Waals surface area (Å²) in [6.45, 7) is 0. The maximum absolute atomic E-state index is 13.3. The molecular weight excluding hydrogens is 432 g/mol. The number of Topliss-reactive ketones (excluding diaryl/α,β-unsaturated/α-hetero) is 1. The van der Waals surface area contributed by atoms with Crippen molar-refractivity contribution < 1.29 is 19.3 Å². The molecule has 0 N–H and O–H groups in total. The van der Waals surface area contributed by atoms with E-state index in [1.807, 2.05) is 6.07 Å². The van der Waals surface area contributed by atoms with Gasteiger partial charge in [0.25, 0.3) is 5.69 Å². The third-order valence-corrected chi connectivity index (χ3v) is 5.99. The molecule has 0 atom stereocenters. The number of nitro benzene ring substituents is 1. The highest BCUT2D eigenvalue weighted by Crippen LogP contribution is 2.25. The second-order valence-electron chi connectivity index (χ2n) is 8.26. The number of hydrogen-bond donors (Lipinski definition) is 0. The number of carbonyl (C=O) groups is 2. The summed E-state index contributed by atoms with van der Waals surface area (Å²) < 4.78 is 0. The topological polar surface area (TPSA) is 98.9 Å². The molecule has 3 aromatic carbocycles. The summed E-state index contributed by atoms with van der Waals surface area (Å²) in [4.78, 5) is 41.4. The highest BCUT2D eigenvalue weighted by molar-refractivity contribution is 6.51. The summed E-state index contributed by atoms with van der Waals surface area (Å²) in [5, 5.41) is 14.9. The average molecular weight is 456 g/mol. The first-order valence-corrected chi connectivity index (χ1v) is 11.3. The predicted octanol–water partition coefficient (Wildman–Crippen LogP) is 5.97. The van der Waals surface area contributed by atoms with Crippen molar-refractivity contribution in [1.29, 1.82) is 0 Å². The molecule has 1 fully saturated rings. The molecule has 4 rings (SSSR count). The lowest BCUT2D eigenvalue weighted by Crippen LogP contribution is -2.21. The number of hydrogen-bond acceptors (Lipinski definition) is 6. The molecular formula is C27H24N2O5. The molecule has 0 radical (unpaired) electrons. The minimum absolute atomic E-state index is 0.0158. The van der Waals surface area contributed by atoms with E-state index in [-0.39, 0.29) is 23.1 Å². The van der Waals surface area contributed by atoms with E-state index < -0.39 is 10.9 Å². The van der Waals surface area contributed by atoms with Gasteiger partial charge in [0.15, 0.2) is 5.71 Å². The summed E-state index contributed by atoms with van der Waals surface area (Å²) in [6.07, 6.45) is 4.68. The Hall–Kier alpha value is -4.13. The van der Waals surface area contributed by atoms with Crippen LogP contribution in [0, 0.1) is 16.0 Å². The minimum Gasteiger partial charge on any atom is -0.317 e. The lowest BCUT2D eigenvalue weighted by molar-refractivity contribution is -0.384. The van der Waals surface area contributed by atoms with E-state index in [0.717, 1.165) is 43.2 Å². The number of nitro groups is 1. The molecule has 1 saturated carbocycles. The van der Waals surface area contributed by atoms with E-state index in [4.69, 9.17) is 4.84 Å². The SMILES string of the molecule is O=C(/C(=N\OC(=O)C1CCCCC1)c1ccccc1)c1ccc(-c2ccc([N+](=O)[O-])cc2)cc1. The molecule has 3 aromatic rings. The van der Waals surface area contributed by atoms with Gasteiger partial charge in [-0.1, -0.05) is 79.0 Å². The summed E-state index contributed by atoms with van der Waals surface area (Å²) >= 11 is 0. The van der Waals surface area contributed by atoms with Crippen molar-refractivity contribution in [2.24, 2.45) is 11.1 Å². The Bertz CT molecular complexity index is 1200. The normalized spacial score (nSPS) is 14.4. The van der Waals surface area contributed by atoms with Crippen LogP contribution < -0.4 is 0 Å². The number of rotatable bonds is 7. The zero-order valence-electron chi connectivity index (χ0n) is 18.6. The smallest absolute Gasteiger partial charge is 0.317 e. The number of carbonyl (C=O) groups excluding carboxylic acids is 2. The first-order valence-electron chi connectivity index (χ1n) is 11.3. The van der Waals surface area contributed by atoms with Crippen LogP contribution in [0.2, 0.25) is 0 Å². The number of non-ortho nitro benzene ring substituents is 1. The fraction of sp³-hybridized carbons (Fsp3) is 0.222. The largest absolute Gasteiger partial charge is 0.338 e. The molecule has 0 heterocycles. The van der Waals surface area contributed by atoms with E-state index >= 15 is 0 Å². The zero-order valence-corrected chi connectivity index (χ0v) is 18.6. The monoisotopic (exact) mass is 456 g/mol. The number of oxime groups is 1. The van der Waals surface area contributed by atoms with Crippen LogP contribution in [-0.2, 0) is 9.63 Å². The van der Waals surface area contributed by atoms with Gasteiger partial charge in [0, 0.05) is 23.3 Å². The number of nitrogens with zero attached hydrogens (tertiary/aromatic N) is 2. The third-order valence-electron chi connectivity index (χ3n) is 5.99. The highest BCUT2D eigenvalue weighted by Gasteiger charge is 2.24. The van der Waals surface area contributed by atoms with E-state index in [2.05, 4.69) is 5.16 Å². The standard InChI is InChI=1S/C27H24N2O5/c30-26(22-13-11-19(12-14-22)20-15-17-24(18-16-20)29(32)33)25(21-7-3-1-4-8-21)28-34-27(31)23-9-5-2-6-10-23/h1,3-4,7-8,11-18,23H,2,5-6,9-10H2/b28-25-. The molecule has 0 spiro atoms. The molecule has 7 heteroatoms. The molecule has 7 nitrogen and oxygen atoms in total. The van der Waals surface area contributed by atoms with Gasteiger partial charge in [-0.2, -0.15) is 0 Å². The molecule has 0 saturated heterocycles. The van der Waals surface area contributed by atoms with E-state index in [1.165, 1.54) is 12.1 Å². The van der Waals surface area contributed by atoms with Crippen LogP contribution in [0.4, 0.5) is 5.69 Å². The van der Waals surface area contributed by atoms with E-state index in [9.17, 15) is 19.7 Å².